The van der Waals surface area contributed by atoms with Crippen LogP contribution in [0.1, 0.15) is 43.1 Å². The second kappa shape index (κ2) is 21.4. The molecule has 0 spiro atoms. The van der Waals surface area contributed by atoms with Gasteiger partial charge in [-0.15, -0.1) is 0 Å². The average molecular weight is 276 g/mol. The van der Waals surface area contributed by atoms with E-state index in [1.807, 2.05) is 13.8 Å². The summed E-state index contributed by atoms with van der Waals surface area (Å²) < 4.78 is 8.24. The number of allylic oxidation sites excluding steroid dienone is 1. The van der Waals surface area contributed by atoms with Gasteiger partial charge >= 0.3 is 17.9 Å². The van der Waals surface area contributed by atoms with Gasteiger partial charge in [0.15, 0.2) is 0 Å². The lowest BCUT2D eigenvalue weighted by Crippen LogP contribution is -1.96. The van der Waals surface area contributed by atoms with E-state index in [0.29, 0.717) is 0 Å². The van der Waals surface area contributed by atoms with Crippen LogP contribution < -0.4 is 0 Å². The number of cyclic esters (lactones) is 2. The molecule has 0 aliphatic carbocycles. The van der Waals surface area contributed by atoms with Crippen LogP contribution in [0.25, 0.3) is 0 Å². The van der Waals surface area contributed by atoms with E-state index in [-0.39, 0.29) is 28.2 Å². The molecule has 114 valence electrons. The third-order valence-corrected chi connectivity index (χ3v) is 1.06. The van der Waals surface area contributed by atoms with E-state index >= 15 is 0 Å². The molecule has 1 rings (SSSR count). The molecule has 0 atom stereocenters. The van der Waals surface area contributed by atoms with E-state index in [4.69, 9.17) is 0 Å². The van der Waals surface area contributed by atoms with Crippen molar-refractivity contribution >= 4 is 17.9 Å². The van der Waals surface area contributed by atoms with Gasteiger partial charge in [-0.2, -0.15) is 0 Å². The molecule has 19 heavy (non-hydrogen) atoms. The number of carbonyl (C=O) groups is 3. The van der Waals surface area contributed by atoms with Crippen LogP contribution in [0.4, 0.5) is 0 Å². The monoisotopic (exact) mass is 276 g/mol. The van der Waals surface area contributed by atoms with Gasteiger partial charge < -0.3 is 9.47 Å². The first-order valence-corrected chi connectivity index (χ1v) is 4.74. The molecule has 0 unspecified atom stereocenters. The fourth-order valence-corrected chi connectivity index (χ4v) is 0.507. The molecule has 1 heterocycles. The molecule has 0 amide bonds. The minimum Gasteiger partial charge on any atom is -0.466 e. The van der Waals surface area contributed by atoms with Crippen molar-refractivity contribution in [1.82, 2.24) is 0 Å². The Morgan fingerprint density at radius 2 is 1.47 bits per heavy atom. The lowest BCUT2D eigenvalue weighted by molar-refractivity contribution is -0.150. The van der Waals surface area contributed by atoms with Crippen LogP contribution in [0.2, 0.25) is 0 Å². The zero-order chi connectivity index (χ0) is 13.0. The molecule has 5 heteroatoms. The highest BCUT2D eigenvalue weighted by molar-refractivity contribution is 6.04. The van der Waals surface area contributed by atoms with Gasteiger partial charge in [-0.3, -0.25) is 0 Å². The maximum absolute atomic E-state index is 10.1. The number of carbonyl (C=O) groups excluding carboxylic acids is 3. The van der Waals surface area contributed by atoms with Crippen LogP contribution in [0.15, 0.2) is 24.3 Å². The minimum atomic E-state index is -0.579. The van der Waals surface area contributed by atoms with Gasteiger partial charge in [0.05, 0.1) is 7.11 Å². The molecule has 0 N–H and O–H groups in total. The summed E-state index contributed by atoms with van der Waals surface area (Å²) in [6, 6.07) is 0. The highest BCUT2D eigenvalue weighted by Crippen LogP contribution is 1.92. The largest absolute Gasteiger partial charge is 0.466 e. The molecule has 0 fully saturated rings. The first kappa shape index (κ1) is 30.3. The average Bonchev–Trinajstić information content (AvgIpc) is 2.66. The molecule has 0 aromatic heterocycles. The number of hydrogen-bond acceptors (Lipinski definition) is 5. The molecular formula is C14H28O5. The highest BCUT2D eigenvalue weighted by atomic mass is 16.6. The van der Waals surface area contributed by atoms with Gasteiger partial charge in [-0.25, -0.2) is 14.4 Å². The molecule has 5 nitrogen and oxygen atoms in total. The highest BCUT2D eigenvalue weighted by Gasteiger charge is 2.10. The molecule has 0 radical (unpaired) electrons. The predicted molar refractivity (Wildman–Crippen MR) is 78.6 cm³/mol. The standard InChI is InChI=1S/C5H8O2.C4H2O3.C2H6.3CH4/c1-3-4-5(6)7-2;5-3-1-2-4(6)7-3;1-2;;;/h3-4H,1-2H3;1-2H;1-2H3;3*1H4/b4-3-;;;;;. The Balaban J connectivity index is -0.0000000533. The van der Waals surface area contributed by atoms with Crippen LogP contribution in [0.3, 0.4) is 0 Å². The van der Waals surface area contributed by atoms with Gasteiger partial charge in [-0.1, -0.05) is 42.2 Å². The van der Waals surface area contributed by atoms with Gasteiger partial charge in [0, 0.05) is 18.2 Å². The lowest BCUT2D eigenvalue weighted by atomic mass is 10.5. The van der Waals surface area contributed by atoms with Crippen molar-refractivity contribution in [2.24, 2.45) is 0 Å². The fraction of sp³-hybridized carbons (Fsp3) is 0.500. The first-order chi connectivity index (χ1) is 7.60. The molecule has 0 bridgehead atoms. The topological polar surface area (TPSA) is 69.7 Å². The van der Waals surface area contributed by atoms with E-state index in [1.54, 1.807) is 13.0 Å². The molecule has 0 saturated carbocycles. The second-order valence-corrected chi connectivity index (χ2v) is 2.10. The first-order valence-electron chi connectivity index (χ1n) is 4.74. The molecule has 1 aliphatic rings. The van der Waals surface area contributed by atoms with Crippen molar-refractivity contribution in [3.05, 3.63) is 24.3 Å². The SMILES string of the molecule is C.C.C.C/C=C\C(=O)OC.CC.O=C1C=CC(=O)O1. The van der Waals surface area contributed by atoms with E-state index in [9.17, 15) is 14.4 Å². The number of esters is 3. The van der Waals surface area contributed by atoms with Crippen LogP contribution >= 0.6 is 0 Å². The Morgan fingerprint density at radius 1 is 1.11 bits per heavy atom. The van der Waals surface area contributed by atoms with E-state index < -0.39 is 11.9 Å². The summed E-state index contributed by atoms with van der Waals surface area (Å²) in [5, 5.41) is 0. The fourth-order valence-electron chi connectivity index (χ4n) is 0.507. The van der Waals surface area contributed by atoms with Crippen molar-refractivity contribution in [3.8, 4) is 0 Å². The van der Waals surface area contributed by atoms with Crippen LogP contribution in [-0.2, 0) is 23.9 Å². The zero-order valence-corrected chi connectivity index (χ0v) is 9.85. The Kier molecular flexibility index (Phi) is 34.1. The van der Waals surface area contributed by atoms with Gasteiger partial charge in [0.2, 0.25) is 0 Å². The Labute approximate surface area is 117 Å². The molecule has 1 aliphatic heterocycles. The van der Waals surface area contributed by atoms with E-state index in [1.165, 1.54) is 13.2 Å². The third-order valence-electron chi connectivity index (χ3n) is 1.06. The van der Waals surface area contributed by atoms with Gasteiger partial charge in [0.25, 0.3) is 0 Å². The normalized spacial score (nSPS) is 10.3. The van der Waals surface area contributed by atoms with Crippen molar-refractivity contribution in [1.29, 1.82) is 0 Å². The number of rotatable bonds is 1. The van der Waals surface area contributed by atoms with Gasteiger partial charge in [-0.05, 0) is 6.92 Å². The maximum Gasteiger partial charge on any atom is 0.338 e. The number of ether oxygens (including phenoxy) is 2. The molecule has 0 saturated heterocycles. The van der Waals surface area contributed by atoms with Gasteiger partial charge in [0.1, 0.15) is 0 Å². The predicted octanol–water partition coefficient (Wildman–Crippen LogP) is 3.30. The van der Waals surface area contributed by atoms with E-state index in [2.05, 4.69) is 9.47 Å². The summed E-state index contributed by atoms with van der Waals surface area (Å²) >= 11 is 0. The Bertz CT molecular complexity index is 271. The number of hydrogen-bond donors (Lipinski definition) is 0. The summed E-state index contributed by atoms with van der Waals surface area (Å²) in [4.78, 5) is 30.0. The van der Waals surface area contributed by atoms with Crippen molar-refractivity contribution < 1.29 is 23.9 Å². The van der Waals surface area contributed by atoms with Crippen molar-refractivity contribution in [3.63, 3.8) is 0 Å². The summed E-state index contributed by atoms with van der Waals surface area (Å²) in [6.45, 7) is 5.76. The number of methoxy groups -OCH3 is 1. The second-order valence-electron chi connectivity index (χ2n) is 2.10. The van der Waals surface area contributed by atoms with Crippen molar-refractivity contribution in [2.45, 2.75) is 43.1 Å². The summed E-state index contributed by atoms with van der Waals surface area (Å²) in [6.07, 6.45) is 5.16. The minimum absolute atomic E-state index is 0. The molecular weight excluding hydrogens is 248 g/mol. The van der Waals surface area contributed by atoms with Crippen LogP contribution in [0.5, 0.6) is 0 Å². The van der Waals surface area contributed by atoms with Crippen LogP contribution in [0, 0.1) is 0 Å². The maximum atomic E-state index is 10.1. The third kappa shape index (κ3) is 21.9. The zero-order valence-electron chi connectivity index (χ0n) is 9.85. The Hall–Kier alpha value is -1.91. The van der Waals surface area contributed by atoms with Crippen LogP contribution in [-0.4, -0.2) is 25.0 Å². The quantitative estimate of drug-likeness (QED) is 0.417. The van der Waals surface area contributed by atoms with Crippen molar-refractivity contribution in [2.75, 3.05) is 7.11 Å². The lowest BCUT2D eigenvalue weighted by Gasteiger charge is -1.84. The molecule has 0 aromatic carbocycles. The summed E-state index contributed by atoms with van der Waals surface area (Å²) in [5.74, 6) is -1.46. The molecule has 0 aromatic rings. The Morgan fingerprint density at radius 3 is 1.58 bits per heavy atom. The summed E-state index contributed by atoms with van der Waals surface area (Å²) in [5.41, 5.74) is 0. The smallest absolute Gasteiger partial charge is 0.338 e. The summed E-state index contributed by atoms with van der Waals surface area (Å²) in [7, 11) is 1.35. The van der Waals surface area contributed by atoms with E-state index in [0.717, 1.165) is 12.2 Å².